The summed E-state index contributed by atoms with van der Waals surface area (Å²) in [5, 5.41) is 13.8. The molecule has 0 spiro atoms. The third kappa shape index (κ3) is 1.83. The Kier molecular flexibility index (Phi) is 2.87. The maximum Gasteiger partial charge on any atom is 0.284 e. The van der Waals surface area contributed by atoms with E-state index >= 15 is 0 Å². The molecule has 2 atom stereocenters. The Morgan fingerprint density at radius 2 is 2.43 bits per heavy atom. The summed E-state index contributed by atoms with van der Waals surface area (Å²) in [6.07, 6.45) is -0.688. The van der Waals surface area contributed by atoms with E-state index in [0.29, 0.717) is 4.99 Å². The monoisotopic (exact) mass is 245 g/mol. The van der Waals surface area contributed by atoms with Crippen molar-refractivity contribution < 1.29 is 9.90 Å². The molecule has 6 heteroatoms. The second-order valence-corrected chi connectivity index (χ2v) is 5.31. The number of nitrogens with one attached hydrogen (secondary N) is 1. The molecule has 1 aromatic rings. The van der Waals surface area contributed by atoms with Gasteiger partial charge in [-0.05, 0) is 11.4 Å². The zero-order valence-electron chi connectivity index (χ0n) is 6.97. The lowest BCUT2D eigenvalue weighted by Gasteiger charge is -2.13. The fraction of sp³-hybridized carbons (Fsp3) is 0.250. The van der Waals surface area contributed by atoms with Crippen LogP contribution in [0.2, 0.25) is 0 Å². The van der Waals surface area contributed by atoms with Crippen molar-refractivity contribution in [3.63, 3.8) is 0 Å². The molecule has 2 unspecified atom stereocenters. The molecule has 1 saturated heterocycles. The molecule has 74 valence electrons. The van der Waals surface area contributed by atoms with E-state index in [0.717, 1.165) is 16.6 Å². The largest absolute Gasteiger partial charge is 0.386 e. The molecule has 0 bridgehead atoms. The summed E-state index contributed by atoms with van der Waals surface area (Å²) in [6.45, 7) is 0. The lowest BCUT2D eigenvalue weighted by Crippen LogP contribution is -2.26. The number of hydrogen-bond acceptors (Lipinski definition) is 5. The maximum absolute atomic E-state index is 11.0. The van der Waals surface area contributed by atoms with Crippen molar-refractivity contribution in [1.82, 2.24) is 5.32 Å². The predicted octanol–water partition coefficient (Wildman–Crippen LogP) is 1.93. The highest BCUT2D eigenvalue weighted by molar-refractivity contribution is 8.16. The number of thiocarbonyl (C=S) groups is 1. The zero-order valence-corrected chi connectivity index (χ0v) is 9.42. The van der Waals surface area contributed by atoms with Crippen molar-refractivity contribution in [3.8, 4) is 0 Å². The van der Waals surface area contributed by atoms with Gasteiger partial charge in [0.1, 0.15) is 6.10 Å². The molecule has 0 aromatic carbocycles. The molecule has 2 N–H and O–H groups in total. The molecule has 1 fully saturated rings. The van der Waals surface area contributed by atoms with Crippen LogP contribution >= 0.6 is 35.3 Å². The molecular weight excluding hydrogens is 238 g/mol. The van der Waals surface area contributed by atoms with E-state index in [1.165, 1.54) is 11.3 Å². The van der Waals surface area contributed by atoms with E-state index in [-0.39, 0.29) is 10.5 Å². The average molecular weight is 245 g/mol. The molecule has 2 heterocycles. The van der Waals surface area contributed by atoms with E-state index in [4.69, 9.17) is 12.2 Å². The van der Waals surface area contributed by atoms with Crippen LogP contribution in [0, 0.1) is 0 Å². The second kappa shape index (κ2) is 3.98. The van der Waals surface area contributed by atoms with Gasteiger partial charge in [0.2, 0.25) is 0 Å². The van der Waals surface area contributed by atoms with Gasteiger partial charge in [-0.1, -0.05) is 30.0 Å². The first-order valence-electron chi connectivity index (χ1n) is 3.91. The lowest BCUT2D eigenvalue weighted by molar-refractivity contribution is 0.196. The molecule has 1 aliphatic rings. The van der Waals surface area contributed by atoms with E-state index in [2.05, 4.69) is 5.32 Å². The number of carbonyl (C=O) groups is 1. The molecule has 1 aromatic heterocycles. The van der Waals surface area contributed by atoms with Gasteiger partial charge in [-0.2, -0.15) is 0 Å². The van der Waals surface area contributed by atoms with E-state index in [1.54, 1.807) is 0 Å². The van der Waals surface area contributed by atoms with Crippen molar-refractivity contribution in [2.45, 2.75) is 11.4 Å². The van der Waals surface area contributed by atoms with Gasteiger partial charge < -0.3 is 10.4 Å². The van der Waals surface area contributed by atoms with Crippen molar-refractivity contribution in [2.75, 3.05) is 0 Å². The van der Waals surface area contributed by atoms with Gasteiger partial charge in [-0.25, -0.2) is 0 Å². The minimum Gasteiger partial charge on any atom is -0.386 e. The van der Waals surface area contributed by atoms with Crippen molar-refractivity contribution in [3.05, 3.63) is 22.4 Å². The minimum atomic E-state index is -0.688. The first-order valence-corrected chi connectivity index (χ1v) is 6.08. The van der Waals surface area contributed by atoms with Crippen LogP contribution in [-0.4, -0.2) is 20.6 Å². The van der Waals surface area contributed by atoms with Gasteiger partial charge in [0.15, 0.2) is 0 Å². The van der Waals surface area contributed by atoms with E-state index in [9.17, 15) is 9.90 Å². The first kappa shape index (κ1) is 10.1. The molecule has 14 heavy (non-hydrogen) atoms. The quantitative estimate of drug-likeness (QED) is 0.782. The highest BCUT2D eigenvalue weighted by Gasteiger charge is 2.35. The van der Waals surface area contributed by atoms with Gasteiger partial charge in [0.25, 0.3) is 5.24 Å². The van der Waals surface area contributed by atoms with E-state index < -0.39 is 6.10 Å². The standard InChI is InChI=1S/C8H7NO2S3/c10-5(4-2-1-3-13-4)6-7(12)9-8(11)14-6/h1-3,5-6,10H,(H,9,11,12). The van der Waals surface area contributed by atoms with Crippen molar-refractivity contribution >= 4 is 45.5 Å². The number of amides is 1. The number of thiophene rings is 1. The summed E-state index contributed by atoms with van der Waals surface area (Å²) in [6, 6.07) is 3.70. The normalized spacial score (nSPS) is 23.6. The third-order valence-corrected chi connectivity index (χ3v) is 4.35. The van der Waals surface area contributed by atoms with Crippen LogP contribution in [0.4, 0.5) is 4.79 Å². The minimum absolute atomic E-state index is 0.185. The molecule has 2 rings (SSSR count). The number of carbonyl (C=O) groups excluding carboxylic acids is 1. The van der Waals surface area contributed by atoms with Crippen LogP contribution in [0.15, 0.2) is 17.5 Å². The Morgan fingerprint density at radius 3 is 2.93 bits per heavy atom. The zero-order chi connectivity index (χ0) is 10.1. The van der Waals surface area contributed by atoms with Crippen molar-refractivity contribution in [2.24, 2.45) is 0 Å². The van der Waals surface area contributed by atoms with Crippen LogP contribution in [-0.2, 0) is 0 Å². The topological polar surface area (TPSA) is 49.3 Å². The summed E-state index contributed by atoms with van der Waals surface area (Å²) in [7, 11) is 0. The molecule has 1 amide bonds. The summed E-state index contributed by atoms with van der Waals surface area (Å²) >= 11 is 7.46. The lowest BCUT2D eigenvalue weighted by atomic mass is 10.2. The first-order chi connectivity index (χ1) is 6.68. The molecule has 0 radical (unpaired) electrons. The molecule has 0 aliphatic carbocycles. The Hall–Kier alpha value is -0.430. The Bertz CT molecular complexity index is 363. The van der Waals surface area contributed by atoms with Gasteiger partial charge in [-0.3, -0.25) is 4.79 Å². The molecule has 3 nitrogen and oxygen atoms in total. The van der Waals surface area contributed by atoms with Crippen molar-refractivity contribution in [1.29, 1.82) is 0 Å². The molecule has 0 saturated carbocycles. The summed E-state index contributed by atoms with van der Waals surface area (Å²) in [5.41, 5.74) is 0. The SMILES string of the molecule is O=C1NC(=S)C(C(O)c2cccs2)S1. The fourth-order valence-corrected chi connectivity index (χ4v) is 3.29. The average Bonchev–Trinajstić information content (AvgIpc) is 2.73. The van der Waals surface area contributed by atoms with Crippen LogP contribution in [0.25, 0.3) is 0 Å². The van der Waals surface area contributed by atoms with Gasteiger partial charge in [0.05, 0.1) is 10.2 Å². The highest BCUT2D eigenvalue weighted by atomic mass is 32.2. The smallest absolute Gasteiger partial charge is 0.284 e. The summed E-state index contributed by atoms with van der Waals surface area (Å²) in [5.74, 6) is 0. The van der Waals surface area contributed by atoms with Gasteiger partial charge in [-0.15, -0.1) is 11.3 Å². The number of aliphatic hydroxyl groups excluding tert-OH is 1. The van der Waals surface area contributed by atoms with E-state index in [1.807, 2.05) is 17.5 Å². The third-order valence-electron chi connectivity index (χ3n) is 1.84. The van der Waals surface area contributed by atoms with Gasteiger partial charge in [0, 0.05) is 4.88 Å². The summed E-state index contributed by atoms with van der Waals surface area (Å²) in [4.78, 5) is 12.2. The highest BCUT2D eigenvalue weighted by Crippen LogP contribution is 2.33. The number of thioether (sulfide) groups is 1. The van der Waals surface area contributed by atoms with Crippen LogP contribution in [0.5, 0.6) is 0 Å². The Labute approximate surface area is 94.5 Å². The number of rotatable bonds is 2. The Balaban J connectivity index is 2.16. The fourth-order valence-electron chi connectivity index (χ4n) is 1.19. The van der Waals surface area contributed by atoms with Crippen LogP contribution in [0.3, 0.4) is 0 Å². The summed E-state index contributed by atoms with van der Waals surface area (Å²) < 4.78 is 0. The van der Waals surface area contributed by atoms with Crippen LogP contribution in [0.1, 0.15) is 11.0 Å². The van der Waals surface area contributed by atoms with Crippen LogP contribution < -0.4 is 5.32 Å². The second-order valence-electron chi connectivity index (χ2n) is 2.78. The van der Waals surface area contributed by atoms with Gasteiger partial charge >= 0.3 is 0 Å². The molecule has 1 aliphatic heterocycles. The molecular formula is C8H7NO2S3. The Morgan fingerprint density at radius 1 is 1.64 bits per heavy atom. The number of hydrogen-bond donors (Lipinski definition) is 2. The number of aliphatic hydroxyl groups is 1. The maximum atomic E-state index is 11.0. The predicted molar refractivity (Wildman–Crippen MR) is 61.8 cm³/mol.